The van der Waals surface area contributed by atoms with Crippen LogP contribution >= 0.6 is 15.9 Å². The first-order valence-electron chi connectivity index (χ1n) is 5.88. The van der Waals surface area contributed by atoms with Gasteiger partial charge in [-0.05, 0) is 24.6 Å². The van der Waals surface area contributed by atoms with Crippen LogP contribution in [-0.4, -0.2) is 42.1 Å². The molecular weight excluding hydrogens is 314 g/mol. The molecule has 0 aromatic heterocycles. The number of hydrogen-bond acceptors (Lipinski definition) is 4. The summed E-state index contributed by atoms with van der Waals surface area (Å²) in [6.45, 7) is 0.828. The predicted octanol–water partition coefficient (Wildman–Crippen LogP) is 1.79. The van der Waals surface area contributed by atoms with Crippen LogP contribution in [0.25, 0.3) is 0 Å². The zero-order chi connectivity index (χ0) is 14.0. The average Bonchev–Trinajstić information content (AvgIpc) is 2.86. The Bertz CT molecular complexity index is 517. The Morgan fingerprint density at radius 1 is 1.47 bits per heavy atom. The first kappa shape index (κ1) is 13.9. The molecule has 0 bridgehead atoms. The second-order valence-corrected chi connectivity index (χ2v) is 5.34. The van der Waals surface area contributed by atoms with Crippen molar-refractivity contribution >= 4 is 27.8 Å². The number of amides is 1. The largest absolute Gasteiger partial charge is 0.507 e. The summed E-state index contributed by atoms with van der Waals surface area (Å²) >= 11 is 3.22. The maximum atomic E-state index is 12.2. The minimum Gasteiger partial charge on any atom is -0.507 e. The van der Waals surface area contributed by atoms with Gasteiger partial charge in [0.2, 0.25) is 0 Å². The molecule has 0 spiro atoms. The van der Waals surface area contributed by atoms with E-state index in [1.54, 1.807) is 17.0 Å². The normalized spacial score (nSPS) is 18.4. The van der Waals surface area contributed by atoms with Crippen LogP contribution in [0.3, 0.4) is 0 Å². The van der Waals surface area contributed by atoms with Crippen LogP contribution in [-0.2, 0) is 9.53 Å². The molecule has 1 saturated heterocycles. The van der Waals surface area contributed by atoms with Gasteiger partial charge in [-0.15, -0.1) is 0 Å². The van der Waals surface area contributed by atoms with E-state index < -0.39 is 0 Å². The third-order valence-electron chi connectivity index (χ3n) is 3.20. The summed E-state index contributed by atoms with van der Waals surface area (Å²) in [6, 6.07) is 4.73. The summed E-state index contributed by atoms with van der Waals surface area (Å²) in [5.41, 5.74) is 0.244. The van der Waals surface area contributed by atoms with Gasteiger partial charge in [0, 0.05) is 17.6 Å². The number of aromatic hydroxyl groups is 1. The van der Waals surface area contributed by atoms with Crippen LogP contribution in [0.15, 0.2) is 22.7 Å². The van der Waals surface area contributed by atoms with Crippen LogP contribution in [0.5, 0.6) is 5.75 Å². The summed E-state index contributed by atoms with van der Waals surface area (Å²) < 4.78 is 5.38. The maximum absolute atomic E-state index is 12.2. The second-order valence-electron chi connectivity index (χ2n) is 4.42. The van der Waals surface area contributed by atoms with Crippen molar-refractivity contribution in [3.05, 3.63) is 28.2 Å². The molecule has 1 heterocycles. The number of halogens is 1. The van der Waals surface area contributed by atoms with E-state index in [1.165, 1.54) is 13.2 Å². The van der Waals surface area contributed by atoms with Crippen molar-refractivity contribution in [2.45, 2.75) is 6.42 Å². The number of hydrogen-bond donors (Lipinski definition) is 1. The first-order chi connectivity index (χ1) is 9.02. The highest BCUT2D eigenvalue weighted by atomic mass is 79.9. The molecule has 2 rings (SSSR count). The van der Waals surface area contributed by atoms with Crippen molar-refractivity contribution in [3.63, 3.8) is 0 Å². The number of benzene rings is 1. The molecule has 1 amide bonds. The molecule has 6 heteroatoms. The fraction of sp³-hybridized carbons (Fsp3) is 0.385. The second kappa shape index (κ2) is 5.61. The highest BCUT2D eigenvalue weighted by Crippen LogP contribution is 2.26. The van der Waals surface area contributed by atoms with Gasteiger partial charge in [0.05, 0.1) is 18.6 Å². The van der Waals surface area contributed by atoms with E-state index in [2.05, 4.69) is 20.7 Å². The number of carbonyl (C=O) groups is 2. The lowest BCUT2D eigenvalue weighted by molar-refractivity contribution is -0.144. The number of phenols is 1. The standard InChI is InChI=1S/C13H14BrNO4/c1-19-13(18)8-4-5-15(7-8)12(17)10-3-2-9(14)6-11(10)16/h2-3,6,8,16H,4-5,7H2,1H3. The molecule has 1 unspecified atom stereocenters. The maximum Gasteiger partial charge on any atom is 0.310 e. The van der Waals surface area contributed by atoms with Gasteiger partial charge in [0.15, 0.2) is 0 Å². The molecule has 1 aromatic rings. The fourth-order valence-electron chi connectivity index (χ4n) is 2.16. The van der Waals surface area contributed by atoms with Gasteiger partial charge < -0.3 is 14.7 Å². The zero-order valence-electron chi connectivity index (χ0n) is 10.4. The van der Waals surface area contributed by atoms with E-state index in [-0.39, 0.29) is 29.1 Å². The molecule has 0 radical (unpaired) electrons. The minimum atomic E-state index is -0.296. The Morgan fingerprint density at radius 2 is 2.21 bits per heavy atom. The molecule has 5 nitrogen and oxygen atoms in total. The molecule has 1 aliphatic rings. The summed E-state index contributed by atoms with van der Waals surface area (Å²) in [7, 11) is 1.34. The van der Waals surface area contributed by atoms with E-state index in [0.717, 1.165) is 0 Å². The molecular formula is C13H14BrNO4. The predicted molar refractivity (Wildman–Crippen MR) is 71.8 cm³/mol. The zero-order valence-corrected chi connectivity index (χ0v) is 12.0. The van der Waals surface area contributed by atoms with E-state index in [1.807, 2.05) is 0 Å². The number of esters is 1. The topological polar surface area (TPSA) is 66.8 Å². The lowest BCUT2D eigenvalue weighted by Gasteiger charge is -2.16. The molecule has 1 aliphatic heterocycles. The number of rotatable bonds is 2. The summed E-state index contributed by atoms with van der Waals surface area (Å²) in [5.74, 6) is -0.904. The van der Waals surface area contributed by atoms with E-state index in [0.29, 0.717) is 24.0 Å². The Labute approximate surface area is 119 Å². The summed E-state index contributed by atoms with van der Waals surface area (Å²) in [5, 5.41) is 9.77. The molecule has 1 N–H and O–H groups in total. The third-order valence-corrected chi connectivity index (χ3v) is 3.69. The highest BCUT2D eigenvalue weighted by molar-refractivity contribution is 9.10. The monoisotopic (exact) mass is 327 g/mol. The quantitative estimate of drug-likeness (QED) is 0.841. The van der Waals surface area contributed by atoms with Crippen molar-refractivity contribution in [3.8, 4) is 5.75 Å². The van der Waals surface area contributed by atoms with Crippen LogP contribution in [0.1, 0.15) is 16.8 Å². The molecule has 1 aromatic carbocycles. The van der Waals surface area contributed by atoms with Gasteiger partial charge in [0.25, 0.3) is 5.91 Å². The number of likely N-dealkylation sites (tertiary alicyclic amines) is 1. The smallest absolute Gasteiger partial charge is 0.310 e. The van der Waals surface area contributed by atoms with Crippen LogP contribution in [0.2, 0.25) is 0 Å². The molecule has 0 saturated carbocycles. The number of methoxy groups -OCH3 is 1. The highest BCUT2D eigenvalue weighted by Gasteiger charge is 2.32. The van der Waals surface area contributed by atoms with Gasteiger partial charge in [-0.3, -0.25) is 9.59 Å². The number of phenolic OH excluding ortho intramolecular Hbond substituents is 1. The van der Waals surface area contributed by atoms with E-state index in [9.17, 15) is 14.7 Å². The Balaban J connectivity index is 2.11. The van der Waals surface area contributed by atoms with Gasteiger partial charge in [-0.25, -0.2) is 0 Å². The average molecular weight is 328 g/mol. The molecule has 19 heavy (non-hydrogen) atoms. The lowest BCUT2D eigenvalue weighted by atomic mass is 10.1. The van der Waals surface area contributed by atoms with Gasteiger partial charge in [-0.1, -0.05) is 15.9 Å². The number of ether oxygens (including phenoxy) is 1. The SMILES string of the molecule is COC(=O)C1CCN(C(=O)c2ccc(Br)cc2O)C1. The molecule has 0 aliphatic carbocycles. The number of nitrogens with zero attached hydrogens (tertiary/aromatic N) is 1. The van der Waals surface area contributed by atoms with Crippen molar-refractivity contribution in [1.29, 1.82) is 0 Å². The Morgan fingerprint density at radius 3 is 2.84 bits per heavy atom. The van der Waals surface area contributed by atoms with E-state index >= 15 is 0 Å². The van der Waals surface area contributed by atoms with Gasteiger partial charge in [-0.2, -0.15) is 0 Å². The van der Waals surface area contributed by atoms with Crippen LogP contribution < -0.4 is 0 Å². The Kier molecular flexibility index (Phi) is 4.09. The van der Waals surface area contributed by atoms with Crippen LogP contribution in [0, 0.1) is 5.92 Å². The third kappa shape index (κ3) is 2.89. The Hall–Kier alpha value is -1.56. The van der Waals surface area contributed by atoms with Crippen molar-refractivity contribution in [1.82, 2.24) is 4.90 Å². The van der Waals surface area contributed by atoms with Gasteiger partial charge >= 0.3 is 5.97 Å². The molecule has 102 valence electrons. The molecule has 1 fully saturated rings. The molecule has 1 atom stereocenters. The van der Waals surface area contributed by atoms with Crippen molar-refractivity contribution in [2.24, 2.45) is 5.92 Å². The number of carbonyl (C=O) groups excluding carboxylic acids is 2. The summed E-state index contributed by atoms with van der Waals surface area (Å²) in [4.78, 5) is 25.2. The van der Waals surface area contributed by atoms with Crippen LogP contribution in [0.4, 0.5) is 0 Å². The fourth-order valence-corrected chi connectivity index (χ4v) is 2.51. The van der Waals surface area contributed by atoms with Crippen molar-refractivity contribution < 1.29 is 19.4 Å². The minimum absolute atomic E-state index is 0.0686. The van der Waals surface area contributed by atoms with Crippen molar-refractivity contribution in [2.75, 3.05) is 20.2 Å². The lowest BCUT2D eigenvalue weighted by Crippen LogP contribution is -2.30. The summed E-state index contributed by atoms with van der Waals surface area (Å²) in [6.07, 6.45) is 0.593. The van der Waals surface area contributed by atoms with Gasteiger partial charge in [0.1, 0.15) is 5.75 Å². The first-order valence-corrected chi connectivity index (χ1v) is 6.68. The van der Waals surface area contributed by atoms with E-state index in [4.69, 9.17) is 0 Å².